The van der Waals surface area contributed by atoms with Crippen molar-refractivity contribution < 1.29 is 0 Å². The van der Waals surface area contributed by atoms with Gasteiger partial charge < -0.3 is 10.3 Å². The lowest BCUT2D eigenvalue weighted by atomic mass is 10.2. The van der Waals surface area contributed by atoms with Crippen LogP contribution in [0.2, 0.25) is 5.02 Å². The first-order valence-corrected chi connectivity index (χ1v) is 11.8. The fourth-order valence-electron chi connectivity index (χ4n) is 3.66. The molecule has 1 aromatic carbocycles. The lowest BCUT2D eigenvalue weighted by molar-refractivity contribution is 0.728. The van der Waals surface area contributed by atoms with Crippen LogP contribution in [0.25, 0.3) is 27.6 Å². The maximum Gasteiger partial charge on any atom is 0.285 e. The Morgan fingerprint density at radius 1 is 1.12 bits per heavy atom. The molecule has 0 spiro atoms. The summed E-state index contributed by atoms with van der Waals surface area (Å²) in [5.41, 5.74) is 0.542. The molecule has 0 saturated carbocycles. The van der Waals surface area contributed by atoms with E-state index in [1.807, 2.05) is 13.2 Å². The zero-order valence-corrected chi connectivity index (χ0v) is 19.6. The SMILES string of the molecule is CSc1nc(NC(C)c2nc3cccc(Cl)c3c(=O)n2-c2cccnc2)c2c(=O)nc[nH]c2n1. The number of halogens is 1. The van der Waals surface area contributed by atoms with Crippen molar-refractivity contribution in [2.75, 3.05) is 11.6 Å². The van der Waals surface area contributed by atoms with Crippen molar-refractivity contribution in [3.63, 3.8) is 0 Å². The molecule has 0 radical (unpaired) electrons. The highest BCUT2D eigenvalue weighted by Crippen LogP contribution is 2.26. The predicted octanol–water partition coefficient (Wildman–Crippen LogP) is 3.36. The first kappa shape index (κ1) is 22.0. The van der Waals surface area contributed by atoms with Crippen LogP contribution >= 0.6 is 23.4 Å². The smallest absolute Gasteiger partial charge is 0.285 e. The van der Waals surface area contributed by atoms with Gasteiger partial charge >= 0.3 is 0 Å². The van der Waals surface area contributed by atoms with E-state index in [1.165, 1.54) is 22.7 Å². The molecular weight excluding hydrogens is 476 g/mol. The van der Waals surface area contributed by atoms with E-state index in [0.717, 1.165) is 0 Å². The second-order valence-corrected chi connectivity index (χ2v) is 8.49. The van der Waals surface area contributed by atoms with Crippen molar-refractivity contribution in [1.29, 1.82) is 0 Å². The van der Waals surface area contributed by atoms with Crippen LogP contribution in [0.5, 0.6) is 0 Å². The fourth-order valence-corrected chi connectivity index (χ4v) is 4.28. The normalized spacial score (nSPS) is 12.2. The highest BCUT2D eigenvalue weighted by atomic mass is 35.5. The zero-order valence-electron chi connectivity index (χ0n) is 18.0. The Balaban J connectivity index is 1.73. The third-order valence-electron chi connectivity index (χ3n) is 5.19. The molecule has 10 nitrogen and oxygen atoms in total. The van der Waals surface area contributed by atoms with Gasteiger partial charge in [-0.1, -0.05) is 29.4 Å². The van der Waals surface area contributed by atoms with Gasteiger partial charge in [0.2, 0.25) is 0 Å². The number of nitrogens with one attached hydrogen (secondary N) is 2. The van der Waals surface area contributed by atoms with Crippen LogP contribution < -0.4 is 16.4 Å². The zero-order chi connectivity index (χ0) is 23.8. The summed E-state index contributed by atoms with van der Waals surface area (Å²) in [5, 5.41) is 4.53. The molecule has 0 fully saturated rings. The van der Waals surface area contributed by atoms with Crippen LogP contribution in [0.15, 0.2) is 63.8 Å². The van der Waals surface area contributed by atoms with Crippen molar-refractivity contribution in [1.82, 2.24) is 34.5 Å². The standard InChI is InChI=1S/C22H17ClN8O2S/c1-11(27-18-16-17(25-10-26-20(16)32)29-22(30-18)34-2)19-28-14-7-3-6-13(23)15(14)21(33)31(19)12-5-4-8-24-9-12/h3-11H,1-2H3,(H2,25,26,27,29,30,32). The van der Waals surface area contributed by atoms with Gasteiger partial charge in [0, 0.05) is 6.20 Å². The minimum absolute atomic E-state index is 0.214. The van der Waals surface area contributed by atoms with Crippen molar-refractivity contribution in [3.05, 3.63) is 80.6 Å². The summed E-state index contributed by atoms with van der Waals surface area (Å²) in [5.74, 6) is 0.680. The van der Waals surface area contributed by atoms with E-state index in [4.69, 9.17) is 16.6 Å². The molecule has 0 bridgehead atoms. The molecule has 2 N–H and O–H groups in total. The van der Waals surface area contributed by atoms with Crippen molar-refractivity contribution >= 4 is 51.1 Å². The fraction of sp³-hybridized carbons (Fsp3) is 0.136. The van der Waals surface area contributed by atoms with Gasteiger partial charge in [-0.15, -0.1) is 0 Å². The molecule has 1 unspecified atom stereocenters. The van der Waals surface area contributed by atoms with Crippen LogP contribution in [-0.2, 0) is 0 Å². The number of anilines is 1. The number of hydrogen-bond acceptors (Lipinski definition) is 9. The van der Waals surface area contributed by atoms with Crippen molar-refractivity contribution in [2.24, 2.45) is 0 Å². The van der Waals surface area contributed by atoms with Gasteiger partial charge in [0.05, 0.1) is 40.2 Å². The lowest BCUT2D eigenvalue weighted by Gasteiger charge is -2.20. The van der Waals surface area contributed by atoms with E-state index in [2.05, 4.69) is 30.2 Å². The predicted molar refractivity (Wildman–Crippen MR) is 132 cm³/mol. The van der Waals surface area contributed by atoms with Gasteiger partial charge in [-0.2, -0.15) is 4.98 Å². The molecular formula is C22H17ClN8O2S. The van der Waals surface area contributed by atoms with Crippen LogP contribution in [0.4, 0.5) is 5.82 Å². The molecule has 0 aliphatic heterocycles. The van der Waals surface area contributed by atoms with E-state index >= 15 is 0 Å². The molecule has 0 aliphatic carbocycles. The van der Waals surface area contributed by atoms with Crippen LogP contribution in [0, 0.1) is 0 Å². The summed E-state index contributed by atoms with van der Waals surface area (Å²) in [4.78, 5) is 50.5. The van der Waals surface area contributed by atoms with Crippen LogP contribution in [0.1, 0.15) is 18.8 Å². The number of hydrogen-bond donors (Lipinski definition) is 2. The van der Waals surface area contributed by atoms with Gasteiger partial charge in [-0.25, -0.2) is 15.0 Å². The number of aromatic amines is 1. The Morgan fingerprint density at radius 3 is 2.74 bits per heavy atom. The highest BCUT2D eigenvalue weighted by molar-refractivity contribution is 7.98. The van der Waals surface area contributed by atoms with Gasteiger partial charge in [0.15, 0.2) is 10.8 Å². The molecule has 4 heterocycles. The first-order valence-electron chi connectivity index (χ1n) is 10.2. The van der Waals surface area contributed by atoms with Gasteiger partial charge in [0.25, 0.3) is 11.1 Å². The number of pyridine rings is 1. The Morgan fingerprint density at radius 2 is 1.97 bits per heavy atom. The number of benzene rings is 1. The molecule has 1 atom stereocenters. The molecule has 170 valence electrons. The number of H-pyrrole nitrogens is 1. The monoisotopic (exact) mass is 492 g/mol. The number of rotatable bonds is 5. The third-order valence-corrected chi connectivity index (χ3v) is 6.05. The average molecular weight is 493 g/mol. The second kappa shape index (κ2) is 8.84. The van der Waals surface area contributed by atoms with E-state index in [0.29, 0.717) is 38.2 Å². The topological polar surface area (TPSA) is 131 Å². The van der Waals surface area contributed by atoms with Crippen molar-refractivity contribution in [3.8, 4) is 5.69 Å². The number of nitrogens with zero attached hydrogens (tertiary/aromatic N) is 6. The van der Waals surface area contributed by atoms with E-state index in [9.17, 15) is 9.59 Å². The summed E-state index contributed by atoms with van der Waals surface area (Å²) >= 11 is 7.68. The van der Waals surface area contributed by atoms with E-state index < -0.39 is 11.6 Å². The van der Waals surface area contributed by atoms with Gasteiger partial charge in [-0.05, 0) is 37.4 Å². The van der Waals surface area contributed by atoms with E-state index in [-0.39, 0.29) is 16.8 Å². The summed E-state index contributed by atoms with van der Waals surface area (Å²) in [6.07, 6.45) is 6.32. The van der Waals surface area contributed by atoms with Crippen LogP contribution in [-0.4, -0.2) is 40.7 Å². The molecule has 34 heavy (non-hydrogen) atoms. The molecule has 0 amide bonds. The molecule has 0 saturated heterocycles. The van der Waals surface area contributed by atoms with Gasteiger partial charge in [-0.3, -0.25) is 19.1 Å². The number of thioether (sulfide) groups is 1. The first-order chi connectivity index (χ1) is 16.5. The molecule has 5 aromatic rings. The highest BCUT2D eigenvalue weighted by Gasteiger charge is 2.22. The van der Waals surface area contributed by atoms with E-state index in [1.54, 1.807) is 42.7 Å². The summed E-state index contributed by atoms with van der Waals surface area (Å²) in [7, 11) is 0. The molecule has 4 aromatic heterocycles. The van der Waals surface area contributed by atoms with Gasteiger partial charge in [0.1, 0.15) is 17.0 Å². The minimum atomic E-state index is -0.552. The molecule has 0 aliphatic rings. The molecule has 5 rings (SSSR count). The van der Waals surface area contributed by atoms with Crippen molar-refractivity contribution in [2.45, 2.75) is 18.1 Å². The number of fused-ring (bicyclic) bond motifs is 2. The quantitative estimate of drug-likeness (QED) is 0.280. The molecule has 12 heteroatoms. The minimum Gasteiger partial charge on any atom is -0.360 e. The average Bonchev–Trinajstić information content (AvgIpc) is 2.84. The Hall–Kier alpha value is -3.83. The number of aromatic nitrogens is 7. The summed E-state index contributed by atoms with van der Waals surface area (Å²) in [6.45, 7) is 1.82. The Kier molecular flexibility index (Phi) is 5.72. The summed E-state index contributed by atoms with van der Waals surface area (Å²) < 4.78 is 1.46. The second-order valence-electron chi connectivity index (χ2n) is 7.31. The lowest BCUT2D eigenvalue weighted by Crippen LogP contribution is -2.28. The largest absolute Gasteiger partial charge is 0.360 e. The Labute approximate surface area is 201 Å². The third kappa shape index (κ3) is 3.78. The maximum atomic E-state index is 13.6. The maximum absolute atomic E-state index is 13.6. The summed E-state index contributed by atoms with van der Waals surface area (Å²) in [6, 6.07) is 8.06. The Bertz CT molecular complexity index is 1660. The van der Waals surface area contributed by atoms with Crippen LogP contribution in [0.3, 0.4) is 0 Å².